The summed E-state index contributed by atoms with van der Waals surface area (Å²) in [6.07, 6.45) is -3.83. The molecule has 0 bridgehead atoms. The minimum absolute atomic E-state index is 0.0321. The van der Waals surface area contributed by atoms with E-state index in [9.17, 15) is 19.8 Å². The van der Waals surface area contributed by atoms with Crippen LogP contribution in [0.4, 0.5) is 5.82 Å². The summed E-state index contributed by atoms with van der Waals surface area (Å²) in [5.41, 5.74) is 0.783. The molecule has 5 aromatic rings. The Hall–Kier alpha value is -5.33. The number of aromatic nitrogens is 2. The molecule has 0 saturated carbocycles. The highest BCUT2D eigenvalue weighted by molar-refractivity contribution is 6.03. The monoisotopic (exact) mass is 649 g/mol. The van der Waals surface area contributed by atoms with E-state index in [0.717, 1.165) is 21.3 Å². The number of hydrogen-bond acceptors (Lipinski definition) is 9. The summed E-state index contributed by atoms with van der Waals surface area (Å²) in [5.74, 6) is 0.937. The van der Waals surface area contributed by atoms with Crippen molar-refractivity contribution in [2.24, 2.45) is 0 Å². The third-order valence-electron chi connectivity index (χ3n) is 8.36. The summed E-state index contributed by atoms with van der Waals surface area (Å²) >= 11 is 0. The smallest absolute Gasteiger partial charge is 0.351 e. The van der Waals surface area contributed by atoms with Gasteiger partial charge in [0.1, 0.15) is 41.2 Å². The van der Waals surface area contributed by atoms with Gasteiger partial charge < -0.3 is 34.5 Å². The quantitative estimate of drug-likeness (QED) is 0.180. The zero-order chi connectivity index (χ0) is 33.7. The number of amides is 1. The molecule has 1 aliphatic rings. The number of rotatable bonds is 11. The van der Waals surface area contributed by atoms with Gasteiger partial charge in [0.25, 0.3) is 5.91 Å². The normalized spacial score (nSPS) is 19.1. The van der Waals surface area contributed by atoms with Crippen molar-refractivity contribution >= 4 is 11.7 Å². The maximum absolute atomic E-state index is 13.1. The van der Waals surface area contributed by atoms with E-state index < -0.39 is 41.7 Å². The Morgan fingerprint density at radius 2 is 1.33 bits per heavy atom. The molecule has 1 amide bonds. The summed E-state index contributed by atoms with van der Waals surface area (Å²) < 4.78 is 24.8. The first-order chi connectivity index (χ1) is 23.3. The fourth-order valence-electron chi connectivity index (χ4n) is 5.83. The number of carbonyl (C=O) groups is 1. The average Bonchev–Trinajstić information content (AvgIpc) is 3.42. The predicted octanol–water partition coefficient (Wildman–Crippen LogP) is 4.14. The van der Waals surface area contributed by atoms with Crippen LogP contribution < -0.4 is 20.5 Å². The molecule has 11 heteroatoms. The highest BCUT2D eigenvalue weighted by Gasteiger charge is 2.46. The highest BCUT2D eigenvalue weighted by atomic mass is 16.6. The molecule has 1 aliphatic heterocycles. The Labute approximate surface area is 277 Å². The first-order valence-corrected chi connectivity index (χ1v) is 15.3. The Morgan fingerprint density at radius 1 is 0.792 bits per heavy atom. The molecular formula is C37H35N3O8. The number of nitrogens with one attached hydrogen (secondary N) is 1. The number of methoxy groups -OCH3 is 2. The van der Waals surface area contributed by atoms with Gasteiger partial charge in [-0.15, -0.1) is 0 Å². The van der Waals surface area contributed by atoms with Crippen molar-refractivity contribution in [1.29, 1.82) is 0 Å². The first-order valence-electron chi connectivity index (χ1n) is 15.3. The second kappa shape index (κ2) is 14.2. The third kappa shape index (κ3) is 6.44. The fourth-order valence-corrected chi connectivity index (χ4v) is 5.83. The van der Waals surface area contributed by atoms with Gasteiger partial charge in [-0.3, -0.25) is 9.36 Å². The third-order valence-corrected chi connectivity index (χ3v) is 8.36. The standard InChI is InChI=1S/C37H35N3O8/c1-45-28-17-13-26(14-18-28)37(25-11-7-4-8-12-25,27-15-19-29(46-2)20-16-27)47-23-30-32(41)33(42)35(48-30)40-22-21-31(39-36(40)44)38-34(43)24-9-5-3-6-10-24/h3-22,30,32-33,35,41-42H,23H2,1-2H3,(H,38,39,43,44)/t30-,32+,33+,35-/m1/s1. The molecule has 0 spiro atoms. The number of carbonyl (C=O) groups excluding carboxylic acids is 1. The van der Waals surface area contributed by atoms with Crippen molar-refractivity contribution in [2.75, 3.05) is 26.1 Å². The summed E-state index contributed by atoms with van der Waals surface area (Å²) in [7, 11) is 3.18. The van der Waals surface area contributed by atoms with Gasteiger partial charge in [-0.1, -0.05) is 72.8 Å². The number of hydrogen-bond donors (Lipinski definition) is 3. The molecule has 4 atom stereocenters. The molecule has 1 aromatic heterocycles. The van der Waals surface area contributed by atoms with Crippen molar-refractivity contribution in [1.82, 2.24) is 9.55 Å². The largest absolute Gasteiger partial charge is 0.497 e. The lowest BCUT2D eigenvalue weighted by Gasteiger charge is -2.37. The van der Waals surface area contributed by atoms with Crippen LogP contribution in [0.15, 0.2) is 126 Å². The maximum atomic E-state index is 13.1. The Balaban J connectivity index is 1.29. The van der Waals surface area contributed by atoms with Crippen LogP contribution in [0, 0.1) is 0 Å². The lowest BCUT2D eigenvalue weighted by Crippen LogP contribution is -2.39. The van der Waals surface area contributed by atoms with Crippen molar-refractivity contribution < 1.29 is 34.0 Å². The SMILES string of the molecule is COc1ccc(C(OC[C@H]2O[C@@H](n3ccc(NC(=O)c4ccccc4)nc3=O)[C@@H](O)[C@H]2O)(c2ccccc2)c2ccc(OC)cc2)cc1. The minimum Gasteiger partial charge on any atom is -0.497 e. The van der Waals surface area contributed by atoms with E-state index in [0.29, 0.717) is 17.1 Å². The molecule has 1 saturated heterocycles. The van der Waals surface area contributed by atoms with Crippen LogP contribution in [-0.2, 0) is 15.1 Å². The van der Waals surface area contributed by atoms with Gasteiger partial charge in [0.2, 0.25) is 0 Å². The van der Waals surface area contributed by atoms with Gasteiger partial charge in [-0.25, -0.2) is 4.79 Å². The van der Waals surface area contributed by atoms with Crippen LogP contribution in [0.25, 0.3) is 0 Å². The molecule has 11 nitrogen and oxygen atoms in total. The molecule has 246 valence electrons. The van der Waals surface area contributed by atoms with Gasteiger partial charge in [-0.05, 0) is 59.2 Å². The number of ether oxygens (including phenoxy) is 4. The van der Waals surface area contributed by atoms with E-state index in [2.05, 4.69) is 10.3 Å². The van der Waals surface area contributed by atoms with E-state index >= 15 is 0 Å². The summed E-state index contributed by atoms with van der Waals surface area (Å²) in [6, 6.07) is 34.5. The maximum Gasteiger partial charge on any atom is 0.351 e. The molecule has 0 aliphatic carbocycles. The van der Waals surface area contributed by atoms with Gasteiger partial charge in [0.05, 0.1) is 20.8 Å². The molecule has 6 rings (SSSR count). The van der Waals surface area contributed by atoms with Crippen LogP contribution in [0.5, 0.6) is 11.5 Å². The van der Waals surface area contributed by atoms with Gasteiger partial charge in [-0.2, -0.15) is 4.98 Å². The number of aliphatic hydroxyl groups is 2. The van der Waals surface area contributed by atoms with Crippen molar-refractivity contribution in [3.63, 3.8) is 0 Å². The van der Waals surface area contributed by atoms with Gasteiger partial charge in [0, 0.05) is 11.8 Å². The first kappa shape index (κ1) is 32.6. The molecule has 4 aromatic carbocycles. The lowest BCUT2D eigenvalue weighted by molar-refractivity contribution is -0.0958. The predicted molar refractivity (Wildman–Crippen MR) is 177 cm³/mol. The molecule has 2 heterocycles. The summed E-state index contributed by atoms with van der Waals surface area (Å²) in [5, 5.41) is 24.8. The van der Waals surface area contributed by atoms with Crippen molar-refractivity contribution in [3.05, 3.63) is 154 Å². The number of benzene rings is 4. The van der Waals surface area contributed by atoms with Gasteiger partial charge >= 0.3 is 5.69 Å². The van der Waals surface area contributed by atoms with E-state index in [1.165, 1.54) is 12.3 Å². The second-order valence-electron chi connectivity index (χ2n) is 11.2. The molecule has 1 fully saturated rings. The minimum atomic E-state index is -1.48. The van der Waals surface area contributed by atoms with Crippen molar-refractivity contribution in [2.45, 2.75) is 30.1 Å². The van der Waals surface area contributed by atoms with Crippen molar-refractivity contribution in [3.8, 4) is 11.5 Å². The Bertz CT molecular complexity index is 1840. The molecule has 3 N–H and O–H groups in total. The van der Waals surface area contributed by atoms with Crippen LogP contribution in [-0.4, -0.2) is 64.8 Å². The summed E-state index contributed by atoms with van der Waals surface area (Å²) in [6.45, 7) is -0.172. The number of nitrogens with zero attached hydrogens (tertiary/aromatic N) is 2. The molecule has 48 heavy (non-hydrogen) atoms. The molecule has 0 radical (unpaired) electrons. The average molecular weight is 650 g/mol. The van der Waals surface area contributed by atoms with Crippen LogP contribution >= 0.6 is 0 Å². The zero-order valence-electron chi connectivity index (χ0n) is 26.3. The van der Waals surface area contributed by atoms with Crippen LogP contribution in [0.2, 0.25) is 0 Å². The topological polar surface area (TPSA) is 141 Å². The number of anilines is 1. The van der Waals surface area contributed by atoms with E-state index in [4.69, 9.17) is 18.9 Å². The highest BCUT2D eigenvalue weighted by Crippen LogP contribution is 2.42. The van der Waals surface area contributed by atoms with E-state index in [1.807, 2.05) is 78.9 Å². The fraction of sp³-hybridized carbons (Fsp3) is 0.216. The van der Waals surface area contributed by atoms with Crippen LogP contribution in [0.3, 0.4) is 0 Å². The zero-order valence-corrected chi connectivity index (χ0v) is 26.3. The molecular weight excluding hydrogens is 614 g/mol. The lowest BCUT2D eigenvalue weighted by atomic mass is 9.80. The Morgan fingerprint density at radius 3 is 1.88 bits per heavy atom. The second-order valence-corrected chi connectivity index (χ2v) is 11.2. The number of aliphatic hydroxyl groups excluding tert-OH is 2. The van der Waals surface area contributed by atoms with Gasteiger partial charge in [0.15, 0.2) is 6.23 Å². The summed E-state index contributed by atoms with van der Waals surface area (Å²) in [4.78, 5) is 29.6. The molecule has 0 unspecified atom stereocenters. The Kier molecular flexibility index (Phi) is 9.65. The van der Waals surface area contributed by atoms with Crippen LogP contribution in [0.1, 0.15) is 33.3 Å². The van der Waals surface area contributed by atoms with E-state index in [-0.39, 0.29) is 12.4 Å². The van der Waals surface area contributed by atoms with E-state index in [1.54, 1.807) is 44.6 Å².